The van der Waals surface area contributed by atoms with E-state index in [-0.39, 0.29) is 0 Å². The third-order valence-corrected chi connectivity index (χ3v) is 7.75. The average molecular weight is 372 g/mol. The lowest BCUT2D eigenvalue weighted by atomic mass is 9.78. The molecule has 2 aliphatic rings. The predicted octanol–water partition coefficient (Wildman–Crippen LogP) is 4.10. The summed E-state index contributed by atoms with van der Waals surface area (Å²) < 4.78 is 28.2. The Morgan fingerprint density at radius 2 is 1.71 bits per heavy atom. The summed E-state index contributed by atoms with van der Waals surface area (Å²) in [5, 5.41) is 0. The minimum absolute atomic E-state index is 0.443. The Morgan fingerprint density at radius 1 is 1.10 bits per heavy atom. The third kappa shape index (κ3) is 2.92. The number of piperidine rings is 1. The minimum atomic E-state index is -3.36. The minimum Gasteiger partial charge on any atom is -0.207 e. The van der Waals surface area contributed by atoms with Crippen LogP contribution in [0.4, 0.5) is 0 Å². The van der Waals surface area contributed by atoms with Crippen molar-refractivity contribution < 1.29 is 8.42 Å². The topological polar surface area (TPSA) is 37.4 Å². The summed E-state index contributed by atoms with van der Waals surface area (Å²) in [6.45, 7) is 3.21. The van der Waals surface area contributed by atoms with Crippen LogP contribution in [-0.2, 0) is 10.0 Å². The second-order valence-electron chi connectivity index (χ2n) is 6.52. The molecule has 1 saturated carbocycles. The zero-order valence-electron chi connectivity index (χ0n) is 12.4. The van der Waals surface area contributed by atoms with Crippen molar-refractivity contribution in [2.45, 2.75) is 50.3 Å². The molecule has 0 unspecified atom stereocenters. The first-order valence-corrected chi connectivity index (χ1v) is 9.93. The molecule has 0 bridgehead atoms. The molecule has 3 rings (SSSR count). The average Bonchev–Trinajstić information content (AvgIpc) is 2.90. The van der Waals surface area contributed by atoms with E-state index in [1.54, 1.807) is 10.4 Å². The van der Waals surface area contributed by atoms with Crippen LogP contribution in [0.5, 0.6) is 0 Å². The van der Waals surface area contributed by atoms with Crippen molar-refractivity contribution in [3.05, 3.63) is 28.2 Å². The first kappa shape index (κ1) is 15.5. The van der Waals surface area contributed by atoms with Crippen LogP contribution in [0.1, 0.15) is 44.1 Å². The highest BCUT2D eigenvalue weighted by Gasteiger charge is 2.40. The number of hydrogen-bond donors (Lipinski definition) is 0. The number of nitrogens with zero attached hydrogens (tertiary/aromatic N) is 1. The van der Waals surface area contributed by atoms with Gasteiger partial charge in [-0.25, -0.2) is 8.42 Å². The Balaban J connectivity index is 1.82. The van der Waals surface area contributed by atoms with Crippen LogP contribution in [0.3, 0.4) is 0 Å². The Hall–Kier alpha value is -0.390. The van der Waals surface area contributed by atoms with Gasteiger partial charge in [0.2, 0.25) is 10.0 Å². The van der Waals surface area contributed by atoms with E-state index in [0.29, 0.717) is 23.4 Å². The zero-order valence-corrected chi connectivity index (χ0v) is 14.8. The lowest BCUT2D eigenvalue weighted by molar-refractivity contribution is 0.160. The number of sulfonamides is 1. The van der Waals surface area contributed by atoms with E-state index in [4.69, 9.17) is 0 Å². The first-order chi connectivity index (χ1) is 9.93. The maximum absolute atomic E-state index is 12.9. The second kappa shape index (κ2) is 5.67. The summed E-state index contributed by atoms with van der Waals surface area (Å²) in [5.74, 6) is 0. The summed E-state index contributed by atoms with van der Waals surface area (Å²) in [4.78, 5) is 0.444. The van der Waals surface area contributed by atoms with E-state index in [9.17, 15) is 8.42 Å². The molecule has 1 heterocycles. The van der Waals surface area contributed by atoms with E-state index in [1.807, 2.05) is 19.1 Å². The van der Waals surface area contributed by atoms with Crippen LogP contribution >= 0.6 is 15.9 Å². The van der Waals surface area contributed by atoms with Gasteiger partial charge in [0.1, 0.15) is 0 Å². The molecule has 3 nitrogen and oxygen atoms in total. The van der Waals surface area contributed by atoms with Gasteiger partial charge in [0.25, 0.3) is 0 Å². The lowest BCUT2D eigenvalue weighted by Crippen LogP contribution is -2.42. The normalized spacial score (nSPS) is 22.8. The van der Waals surface area contributed by atoms with Crippen molar-refractivity contribution in [1.82, 2.24) is 4.31 Å². The summed E-state index contributed by atoms with van der Waals surface area (Å²) in [6, 6.07) is 5.47. The monoisotopic (exact) mass is 371 g/mol. The fourth-order valence-corrected chi connectivity index (χ4v) is 6.02. The molecule has 1 saturated heterocycles. The van der Waals surface area contributed by atoms with Gasteiger partial charge in [-0.05, 0) is 55.7 Å². The van der Waals surface area contributed by atoms with E-state index in [1.165, 1.54) is 25.7 Å². The molecule has 5 heteroatoms. The molecule has 116 valence electrons. The molecule has 1 aromatic carbocycles. The van der Waals surface area contributed by atoms with Gasteiger partial charge in [-0.3, -0.25) is 0 Å². The van der Waals surface area contributed by atoms with Crippen LogP contribution < -0.4 is 0 Å². The molecule has 0 atom stereocenters. The Bertz CT molecular complexity index is 626. The summed E-state index contributed by atoms with van der Waals surface area (Å²) in [6.07, 6.45) is 7.27. The number of halogens is 1. The number of hydrogen-bond acceptors (Lipinski definition) is 2. The second-order valence-corrected chi connectivity index (χ2v) is 9.34. The Kier molecular flexibility index (Phi) is 4.19. The van der Waals surface area contributed by atoms with Gasteiger partial charge in [-0.15, -0.1) is 0 Å². The molecule has 1 aliphatic carbocycles. The molecule has 2 fully saturated rings. The van der Waals surface area contributed by atoms with Gasteiger partial charge >= 0.3 is 0 Å². The summed E-state index contributed by atoms with van der Waals surface area (Å²) in [5.41, 5.74) is 1.26. The maximum Gasteiger partial charge on any atom is 0.243 e. The van der Waals surface area contributed by atoms with Crippen LogP contribution in [0, 0.1) is 12.3 Å². The van der Waals surface area contributed by atoms with Crippen molar-refractivity contribution in [3.63, 3.8) is 0 Å². The quantitative estimate of drug-likeness (QED) is 0.784. The van der Waals surface area contributed by atoms with Gasteiger partial charge in [0.05, 0.1) is 4.90 Å². The standard InChI is InChI=1S/C16H22BrNO2S/c1-13-4-5-14(17)12-15(13)21(19,20)18-10-8-16(9-11-18)6-2-3-7-16/h4-5,12H,2-3,6-11H2,1H3. The molecular formula is C16H22BrNO2S. The Labute approximate surface area is 135 Å². The van der Waals surface area contributed by atoms with Crippen molar-refractivity contribution in [3.8, 4) is 0 Å². The van der Waals surface area contributed by atoms with Crippen molar-refractivity contribution in [1.29, 1.82) is 0 Å². The molecule has 0 aromatic heterocycles. The van der Waals surface area contributed by atoms with Gasteiger partial charge < -0.3 is 0 Å². The molecule has 0 amide bonds. The van der Waals surface area contributed by atoms with Crippen molar-refractivity contribution in [2.24, 2.45) is 5.41 Å². The predicted molar refractivity (Wildman–Crippen MR) is 87.8 cm³/mol. The SMILES string of the molecule is Cc1ccc(Br)cc1S(=O)(=O)N1CCC2(CCCC2)CC1. The summed E-state index contributed by atoms with van der Waals surface area (Å²) in [7, 11) is -3.36. The van der Waals surface area contributed by atoms with Crippen LogP contribution in [0.2, 0.25) is 0 Å². The first-order valence-electron chi connectivity index (χ1n) is 7.69. The highest BCUT2D eigenvalue weighted by atomic mass is 79.9. The highest BCUT2D eigenvalue weighted by Crippen LogP contribution is 2.46. The van der Waals surface area contributed by atoms with Crippen LogP contribution in [0.15, 0.2) is 27.6 Å². The molecular weight excluding hydrogens is 350 g/mol. The van der Waals surface area contributed by atoms with Crippen molar-refractivity contribution >= 4 is 26.0 Å². The largest absolute Gasteiger partial charge is 0.243 e. The van der Waals surface area contributed by atoms with E-state index in [0.717, 1.165) is 22.9 Å². The van der Waals surface area contributed by atoms with E-state index < -0.39 is 10.0 Å². The fraction of sp³-hybridized carbons (Fsp3) is 0.625. The van der Waals surface area contributed by atoms with Gasteiger partial charge in [-0.1, -0.05) is 34.8 Å². The van der Waals surface area contributed by atoms with E-state index in [2.05, 4.69) is 15.9 Å². The molecule has 1 spiro atoms. The van der Waals surface area contributed by atoms with Gasteiger partial charge in [-0.2, -0.15) is 4.31 Å². The van der Waals surface area contributed by atoms with Gasteiger partial charge in [0, 0.05) is 17.6 Å². The molecule has 1 aliphatic heterocycles. The molecule has 0 N–H and O–H groups in total. The smallest absolute Gasteiger partial charge is 0.207 e. The number of aryl methyl sites for hydroxylation is 1. The molecule has 0 radical (unpaired) electrons. The molecule has 21 heavy (non-hydrogen) atoms. The fourth-order valence-electron chi connectivity index (χ4n) is 3.82. The lowest BCUT2D eigenvalue weighted by Gasteiger charge is -2.38. The highest BCUT2D eigenvalue weighted by molar-refractivity contribution is 9.10. The van der Waals surface area contributed by atoms with Crippen molar-refractivity contribution in [2.75, 3.05) is 13.1 Å². The van der Waals surface area contributed by atoms with E-state index >= 15 is 0 Å². The number of rotatable bonds is 2. The third-order valence-electron chi connectivity index (χ3n) is 5.22. The van der Waals surface area contributed by atoms with Crippen LogP contribution in [0.25, 0.3) is 0 Å². The summed E-state index contributed by atoms with van der Waals surface area (Å²) >= 11 is 3.38. The zero-order chi connectivity index (χ0) is 15.1. The Morgan fingerprint density at radius 3 is 2.33 bits per heavy atom. The number of benzene rings is 1. The van der Waals surface area contributed by atoms with Crippen LogP contribution in [-0.4, -0.2) is 25.8 Å². The maximum atomic E-state index is 12.9. The van der Waals surface area contributed by atoms with Gasteiger partial charge in [0.15, 0.2) is 0 Å². The molecule has 1 aromatic rings.